The van der Waals surface area contributed by atoms with Crippen molar-refractivity contribution in [2.75, 3.05) is 19.8 Å². The molecule has 3 unspecified atom stereocenters. The van der Waals surface area contributed by atoms with E-state index in [1.807, 2.05) is 41.5 Å². The van der Waals surface area contributed by atoms with Gasteiger partial charge in [-0.3, -0.25) is 14.4 Å². The second kappa shape index (κ2) is 9.46. The predicted octanol–water partition coefficient (Wildman–Crippen LogP) is 2.17. The standard InChI is InChI=1S/C26H40N2O6/c1-9-11-27(16(5)6)23(31)21-26-13-17(7)25(8,34-26)20(24(32)33-12-10-2)19(26)22(30)28(21)18(14-29)15(3)4/h9-10,15-21,29H,1-2,11-14H2,3-8H3/t17?,18-,19-,20-,21?,25+,26?/m0/s1. The molecule has 2 bridgehead atoms. The number of amides is 2. The van der Waals surface area contributed by atoms with Gasteiger partial charge in [0, 0.05) is 12.6 Å². The maximum absolute atomic E-state index is 14.2. The number of aliphatic hydroxyl groups excluding tert-OH is 1. The van der Waals surface area contributed by atoms with Crippen LogP contribution in [0.25, 0.3) is 0 Å². The number of esters is 1. The van der Waals surface area contributed by atoms with Crippen molar-refractivity contribution in [1.29, 1.82) is 0 Å². The predicted molar refractivity (Wildman–Crippen MR) is 128 cm³/mol. The van der Waals surface area contributed by atoms with Gasteiger partial charge in [-0.05, 0) is 39.0 Å². The average Bonchev–Trinajstić information content (AvgIpc) is 3.27. The van der Waals surface area contributed by atoms with Crippen LogP contribution < -0.4 is 0 Å². The molecule has 8 nitrogen and oxygen atoms in total. The number of hydrogen-bond acceptors (Lipinski definition) is 6. The van der Waals surface area contributed by atoms with Crippen molar-refractivity contribution >= 4 is 17.8 Å². The van der Waals surface area contributed by atoms with Gasteiger partial charge in [0.15, 0.2) is 0 Å². The molecule has 3 saturated heterocycles. The molecule has 0 aromatic carbocycles. The fourth-order valence-corrected chi connectivity index (χ4v) is 6.37. The number of nitrogens with zero attached hydrogens (tertiary/aromatic N) is 2. The normalized spacial score (nSPS) is 35.0. The Morgan fingerprint density at radius 2 is 1.94 bits per heavy atom. The summed E-state index contributed by atoms with van der Waals surface area (Å²) in [4.78, 5) is 44.7. The molecule has 1 spiro atoms. The molecule has 3 fully saturated rings. The number of hydrogen-bond donors (Lipinski definition) is 1. The van der Waals surface area contributed by atoms with E-state index in [9.17, 15) is 19.5 Å². The molecular weight excluding hydrogens is 436 g/mol. The van der Waals surface area contributed by atoms with Gasteiger partial charge in [-0.1, -0.05) is 39.5 Å². The minimum Gasteiger partial charge on any atom is -0.461 e. The molecular formula is C26H40N2O6. The fraction of sp³-hybridized carbons (Fsp3) is 0.731. The molecule has 0 aliphatic carbocycles. The van der Waals surface area contributed by atoms with Crippen LogP contribution in [0.3, 0.4) is 0 Å². The molecule has 3 aliphatic rings. The van der Waals surface area contributed by atoms with Crippen LogP contribution in [0, 0.1) is 23.7 Å². The van der Waals surface area contributed by atoms with Gasteiger partial charge in [0.05, 0.1) is 24.2 Å². The molecule has 3 aliphatic heterocycles. The minimum atomic E-state index is -1.17. The van der Waals surface area contributed by atoms with Gasteiger partial charge in [-0.15, -0.1) is 6.58 Å². The zero-order chi connectivity index (χ0) is 25.6. The molecule has 0 radical (unpaired) electrons. The van der Waals surface area contributed by atoms with Gasteiger partial charge in [0.25, 0.3) is 0 Å². The van der Waals surface area contributed by atoms with Crippen molar-refractivity contribution in [1.82, 2.24) is 9.80 Å². The summed E-state index contributed by atoms with van der Waals surface area (Å²) in [7, 11) is 0. The summed E-state index contributed by atoms with van der Waals surface area (Å²) < 4.78 is 12.1. The van der Waals surface area contributed by atoms with Crippen LogP contribution in [-0.2, 0) is 23.9 Å². The Kier molecular flexibility index (Phi) is 7.35. The van der Waals surface area contributed by atoms with Gasteiger partial charge < -0.3 is 24.4 Å². The molecule has 3 rings (SSSR count). The summed E-state index contributed by atoms with van der Waals surface area (Å²) in [6.45, 7) is 18.9. The molecule has 0 aromatic heterocycles. The van der Waals surface area contributed by atoms with Crippen molar-refractivity contribution in [3.8, 4) is 0 Å². The van der Waals surface area contributed by atoms with E-state index in [0.29, 0.717) is 13.0 Å². The zero-order valence-electron chi connectivity index (χ0n) is 21.3. The van der Waals surface area contributed by atoms with Gasteiger partial charge in [-0.25, -0.2) is 0 Å². The van der Waals surface area contributed by atoms with Gasteiger partial charge in [0.2, 0.25) is 11.8 Å². The van der Waals surface area contributed by atoms with E-state index in [1.54, 1.807) is 11.0 Å². The molecule has 3 heterocycles. The van der Waals surface area contributed by atoms with Gasteiger partial charge >= 0.3 is 5.97 Å². The third-order valence-electron chi connectivity index (χ3n) is 8.13. The summed E-state index contributed by atoms with van der Waals surface area (Å²) >= 11 is 0. The summed E-state index contributed by atoms with van der Waals surface area (Å²) in [5.41, 5.74) is -2.10. The third kappa shape index (κ3) is 3.70. The quantitative estimate of drug-likeness (QED) is 0.383. The van der Waals surface area contributed by atoms with E-state index < -0.39 is 41.1 Å². The summed E-state index contributed by atoms with van der Waals surface area (Å²) in [6, 6.07) is -1.67. The van der Waals surface area contributed by atoms with Crippen LogP contribution in [0.1, 0.15) is 48.0 Å². The lowest BCUT2D eigenvalue weighted by Gasteiger charge is -2.41. The van der Waals surface area contributed by atoms with E-state index in [0.717, 1.165) is 0 Å². The molecule has 1 N–H and O–H groups in total. The van der Waals surface area contributed by atoms with Crippen molar-refractivity contribution in [2.24, 2.45) is 23.7 Å². The lowest BCUT2D eigenvalue weighted by atomic mass is 9.62. The Bertz CT molecular complexity index is 856. The first kappa shape index (κ1) is 26.4. The van der Waals surface area contributed by atoms with Crippen LogP contribution in [-0.4, -0.2) is 81.8 Å². The lowest BCUT2D eigenvalue weighted by molar-refractivity contribution is -0.164. The monoisotopic (exact) mass is 476 g/mol. The highest BCUT2D eigenvalue weighted by molar-refractivity contribution is 5.99. The largest absolute Gasteiger partial charge is 0.461 e. The first-order chi connectivity index (χ1) is 15.9. The van der Waals surface area contributed by atoms with E-state index in [1.165, 1.54) is 11.0 Å². The number of ether oxygens (including phenoxy) is 2. The highest BCUT2D eigenvalue weighted by Gasteiger charge is 2.80. The zero-order valence-corrected chi connectivity index (χ0v) is 21.3. The Hall–Kier alpha value is -2.19. The highest BCUT2D eigenvalue weighted by Crippen LogP contribution is 2.65. The Morgan fingerprint density at radius 1 is 1.29 bits per heavy atom. The SMILES string of the molecule is C=CCOC(=O)[C@@H]1[C@H]2C(=O)N([C@@H](CO)C(C)C)C(C(=O)N(CC=C)C(C)C)C23CC(C)[C@@]1(C)O3. The fourth-order valence-electron chi connectivity index (χ4n) is 6.37. The first-order valence-corrected chi connectivity index (χ1v) is 12.2. The Labute approximate surface area is 202 Å². The molecule has 34 heavy (non-hydrogen) atoms. The molecule has 0 aromatic rings. The smallest absolute Gasteiger partial charge is 0.313 e. The molecule has 8 heteroatoms. The Balaban J connectivity index is 2.19. The van der Waals surface area contributed by atoms with Crippen molar-refractivity contribution in [3.63, 3.8) is 0 Å². The highest BCUT2D eigenvalue weighted by atomic mass is 16.6. The summed E-state index contributed by atoms with van der Waals surface area (Å²) in [6.07, 6.45) is 3.61. The van der Waals surface area contributed by atoms with E-state index in [4.69, 9.17) is 9.47 Å². The van der Waals surface area contributed by atoms with Crippen LogP contribution >= 0.6 is 0 Å². The van der Waals surface area contributed by atoms with Crippen molar-refractivity contribution in [3.05, 3.63) is 25.3 Å². The van der Waals surface area contributed by atoms with Gasteiger partial charge in [-0.2, -0.15) is 0 Å². The number of aliphatic hydroxyl groups is 1. The van der Waals surface area contributed by atoms with Gasteiger partial charge in [0.1, 0.15) is 24.2 Å². The second-order valence-electron chi connectivity index (χ2n) is 10.7. The van der Waals surface area contributed by atoms with Crippen LogP contribution in [0.15, 0.2) is 25.3 Å². The first-order valence-electron chi connectivity index (χ1n) is 12.2. The molecule has 0 saturated carbocycles. The topological polar surface area (TPSA) is 96.4 Å². The van der Waals surface area contributed by atoms with Crippen LogP contribution in [0.2, 0.25) is 0 Å². The minimum absolute atomic E-state index is 0.0332. The molecule has 7 atom stereocenters. The second-order valence-corrected chi connectivity index (χ2v) is 10.7. The molecule has 190 valence electrons. The lowest BCUT2D eigenvalue weighted by Crippen LogP contribution is -2.60. The summed E-state index contributed by atoms with van der Waals surface area (Å²) in [5.74, 6) is -2.98. The molecule has 2 amide bonds. The van der Waals surface area contributed by atoms with Crippen LogP contribution in [0.5, 0.6) is 0 Å². The number of fused-ring (bicyclic) bond motifs is 1. The number of likely N-dealkylation sites (tertiary alicyclic amines) is 1. The van der Waals surface area contributed by atoms with Crippen molar-refractivity contribution < 1.29 is 29.0 Å². The third-order valence-corrected chi connectivity index (χ3v) is 8.13. The van der Waals surface area contributed by atoms with Crippen molar-refractivity contribution in [2.45, 2.75) is 77.3 Å². The average molecular weight is 477 g/mol. The maximum atomic E-state index is 14.2. The van der Waals surface area contributed by atoms with Crippen LogP contribution in [0.4, 0.5) is 0 Å². The summed E-state index contributed by atoms with van der Waals surface area (Å²) in [5, 5.41) is 10.3. The Morgan fingerprint density at radius 3 is 2.44 bits per heavy atom. The number of rotatable bonds is 10. The van der Waals surface area contributed by atoms with E-state index in [-0.39, 0.29) is 42.9 Å². The number of carbonyl (C=O) groups is 3. The van der Waals surface area contributed by atoms with E-state index in [2.05, 4.69) is 13.2 Å². The number of carbonyl (C=O) groups excluding carboxylic acids is 3. The maximum Gasteiger partial charge on any atom is 0.313 e. The van der Waals surface area contributed by atoms with E-state index >= 15 is 0 Å².